The number of nitrogens with one attached hydrogen (secondary N) is 1. The Morgan fingerprint density at radius 1 is 1.37 bits per heavy atom. The Balaban J connectivity index is 1.64. The number of furan rings is 1. The predicted molar refractivity (Wildman–Crippen MR) is 76.7 cm³/mol. The van der Waals surface area contributed by atoms with E-state index in [1.807, 2.05) is 24.5 Å². The van der Waals surface area contributed by atoms with Crippen LogP contribution in [0.2, 0.25) is 0 Å². The van der Waals surface area contributed by atoms with Gasteiger partial charge in [0.15, 0.2) is 0 Å². The van der Waals surface area contributed by atoms with Crippen LogP contribution >= 0.6 is 0 Å². The summed E-state index contributed by atoms with van der Waals surface area (Å²) in [4.78, 5) is 2.25. The molecule has 1 fully saturated rings. The Morgan fingerprint density at radius 3 is 3.11 bits per heavy atom. The number of rotatable bonds is 4. The van der Waals surface area contributed by atoms with Crippen LogP contribution in [-0.4, -0.2) is 39.4 Å². The Bertz CT molecular complexity index is 532. The summed E-state index contributed by atoms with van der Waals surface area (Å²) in [5.41, 5.74) is 2.11. The molecule has 1 unspecified atom stereocenters. The minimum atomic E-state index is 0.467. The van der Waals surface area contributed by atoms with Crippen molar-refractivity contribution >= 4 is 16.7 Å². The van der Waals surface area contributed by atoms with Gasteiger partial charge in [0.2, 0.25) is 0 Å². The van der Waals surface area contributed by atoms with Crippen LogP contribution in [0.5, 0.6) is 0 Å². The van der Waals surface area contributed by atoms with Gasteiger partial charge >= 0.3 is 0 Å². The Morgan fingerprint density at radius 2 is 2.26 bits per heavy atom. The van der Waals surface area contributed by atoms with Crippen LogP contribution < -0.4 is 10.2 Å². The highest BCUT2D eigenvalue weighted by atomic mass is 16.5. The molecular formula is C15H20N2O2. The summed E-state index contributed by atoms with van der Waals surface area (Å²) in [5.74, 6) is 0. The molecule has 1 aliphatic heterocycles. The molecule has 4 nitrogen and oxygen atoms in total. The van der Waals surface area contributed by atoms with Crippen molar-refractivity contribution in [3.05, 3.63) is 30.5 Å². The van der Waals surface area contributed by atoms with Gasteiger partial charge in [0, 0.05) is 31.6 Å². The van der Waals surface area contributed by atoms with Gasteiger partial charge in [-0.2, -0.15) is 0 Å². The number of fused-ring (bicyclic) bond motifs is 1. The lowest BCUT2D eigenvalue weighted by Crippen LogP contribution is -2.42. The van der Waals surface area contributed by atoms with Crippen molar-refractivity contribution in [3.63, 3.8) is 0 Å². The minimum absolute atomic E-state index is 0.467. The summed E-state index contributed by atoms with van der Waals surface area (Å²) in [5, 5.41) is 4.66. The average molecular weight is 260 g/mol. The molecular weight excluding hydrogens is 240 g/mol. The number of hydrogen-bond donors (Lipinski definition) is 1. The number of morpholine rings is 1. The molecule has 0 saturated carbocycles. The zero-order valence-corrected chi connectivity index (χ0v) is 11.3. The van der Waals surface area contributed by atoms with E-state index in [9.17, 15) is 0 Å². The summed E-state index contributed by atoms with van der Waals surface area (Å²) >= 11 is 0. The molecule has 102 valence electrons. The number of anilines is 1. The Kier molecular flexibility index (Phi) is 3.71. The lowest BCUT2D eigenvalue weighted by Gasteiger charge is -2.26. The first-order valence-corrected chi connectivity index (χ1v) is 6.83. The fourth-order valence-corrected chi connectivity index (χ4v) is 2.53. The first-order chi connectivity index (χ1) is 9.34. The quantitative estimate of drug-likeness (QED) is 0.915. The van der Waals surface area contributed by atoms with Gasteiger partial charge in [-0.15, -0.1) is 0 Å². The second-order valence-corrected chi connectivity index (χ2v) is 5.05. The van der Waals surface area contributed by atoms with E-state index in [-0.39, 0.29) is 0 Å². The van der Waals surface area contributed by atoms with E-state index >= 15 is 0 Å². The standard InChI is InChI=1S/C15H20N2O2/c1-17(8-6-12-10-18-9-7-16-12)14-11-19-15-5-3-2-4-13(14)15/h2-5,11-12,16H,6-10H2,1H3. The van der Waals surface area contributed by atoms with E-state index in [0.717, 1.165) is 44.0 Å². The molecule has 1 aromatic heterocycles. The van der Waals surface area contributed by atoms with E-state index in [0.29, 0.717) is 6.04 Å². The topological polar surface area (TPSA) is 37.6 Å². The summed E-state index contributed by atoms with van der Waals surface area (Å²) in [6, 6.07) is 8.62. The number of ether oxygens (including phenoxy) is 1. The highest BCUT2D eigenvalue weighted by Crippen LogP contribution is 2.28. The van der Waals surface area contributed by atoms with Crippen LogP contribution in [0.3, 0.4) is 0 Å². The van der Waals surface area contributed by atoms with E-state index in [1.165, 1.54) is 5.39 Å². The molecule has 1 atom stereocenters. The zero-order chi connectivity index (χ0) is 13.1. The van der Waals surface area contributed by atoms with Gasteiger partial charge in [-0.25, -0.2) is 0 Å². The Labute approximate surface area is 113 Å². The smallest absolute Gasteiger partial charge is 0.136 e. The normalized spacial score (nSPS) is 19.7. The highest BCUT2D eigenvalue weighted by molar-refractivity contribution is 5.90. The largest absolute Gasteiger partial charge is 0.462 e. The molecule has 1 saturated heterocycles. The van der Waals surface area contributed by atoms with Gasteiger partial charge in [0.25, 0.3) is 0 Å². The fourth-order valence-electron chi connectivity index (χ4n) is 2.53. The van der Waals surface area contributed by atoms with E-state index < -0.39 is 0 Å². The molecule has 0 spiro atoms. The molecule has 0 aliphatic carbocycles. The van der Waals surface area contributed by atoms with Gasteiger partial charge in [0.05, 0.1) is 18.9 Å². The molecule has 1 N–H and O–H groups in total. The molecule has 0 amide bonds. The number of nitrogens with zero attached hydrogens (tertiary/aromatic N) is 1. The molecule has 1 aromatic carbocycles. The number of benzene rings is 1. The van der Waals surface area contributed by atoms with E-state index in [4.69, 9.17) is 9.15 Å². The Hall–Kier alpha value is -1.52. The third-order valence-corrected chi connectivity index (χ3v) is 3.68. The van der Waals surface area contributed by atoms with Crippen molar-refractivity contribution in [3.8, 4) is 0 Å². The zero-order valence-electron chi connectivity index (χ0n) is 11.3. The lowest BCUT2D eigenvalue weighted by atomic mass is 10.2. The van der Waals surface area contributed by atoms with Crippen molar-refractivity contribution < 1.29 is 9.15 Å². The van der Waals surface area contributed by atoms with Crippen LogP contribution in [0, 0.1) is 0 Å². The van der Waals surface area contributed by atoms with Gasteiger partial charge in [0.1, 0.15) is 11.8 Å². The fraction of sp³-hybridized carbons (Fsp3) is 0.467. The van der Waals surface area contributed by atoms with Crippen molar-refractivity contribution in [2.24, 2.45) is 0 Å². The van der Waals surface area contributed by atoms with Crippen LogP contribution in [0.1, 0.15) is 6.42 Å². The predicted octanol–water partition coefficient (Wildman–Crippen LogP) is 2.25. The third kappa shape index (κ3) is 2.74. The van der Waals surface area contributed by atoms with E-state index in [2.05, 4.69) is 23.3 Å². The van der Waals surface area contributed by atoms with Crippen molar-refractivity contribution in [1.82, 2.24) is 5.32 Å². The molecule has 3 rings (SSSR count). The summed E-state index contributed by atoms with van der Waals surface area (Å²) in [6.07, 6.45) is 2.92. The van der Waals surface area contributed by atoms with Crippen molar-refractivity contribution in [2.75, 3.05) is 38.3 Å². The second kappa shape index (κ2) is 5.63. The number of para-hydroxylation sites is 1. The summed E-state index contributed by atoms with van der Waals surface area (Å²) in [7, 11) is 2.11. The molecule has 1 aliphatic rings. The maximum absolute atomic E-state index is 5.58. The molecule has 19 heavy (non-hydrogen) atoms. The maximum atomic E-state index is 5.58. The van der Waals surface area contributed by atoms with Gasteiger partial charge in [-0.3, -0.25) is 0 Å². The second-order valence-electron chi connectivity index (χ2n) is 5.05. The first kappa shape index (κ1) is 12.5. The molecule has 2 heterocycles. The molecule has 0 bridgehead atoms. The SMILES string of the molecule is CN(CCC1COCCN1)c1coc2ccccc12. The number of hydrogen-bond acceptors (Lipinski definition) is 4. The van der Waals surface area contributed by atoms with Crippen LogP contribution in [0.25, 0.3) is 11.0 Å². The van der Waals surface area contributed by atoms with Crippen molar-refractivity contribution in [2.45, 2.75) is 12.5 Å². The summed E-state index contributed by atoms with van der Waals surface area (Å²) < 4.78 is 11.1. The average Bonchev–Trinajstić information content (AvgIpc) is 2.90. The maximum Gasteiger partial charge on any atom is 0.136 e. The molecule has 0 radical (unpaired) electrons. The van der Waals surface area contributed by atoms with Gasteiger partial charge in [-0.05, 0) is 18.6 Å². The van der Waals surface area contributed by atoms with Crippen molar-refractivity contribution in [1.29, 1.82) is 0 Å². The van der Waals surface area contributed by atoms with Gasteiger partial charge < -0.3 is 19.4 Å². The van der Waals surface area contributed by atoms with Crippen LogP contribution in [-0.2, 0) is 4.74 Å². The first-order valence-electron chi connectivity index (χ1n) is 6.83. The molecule has 4 heteroatoms. The van der Waals surface area contributed by atoms with E-state index in [1.54, 1.807) is 0 Å². The third-order valence-electron chi connectivity index (χ3n) is 3.68. The lowest BCUT2D eigenvalue weighted by molar-refractivity contribution is 0.0749. The monoisotopic (exact) mass is 260 g/mol. The molecule has 2 aromatic rings. The van der Waals surface area contributed by atoms with Crippen LogP contribution in [0.4, 0.5) is 5.69 Å². The summed E-state index contributed by atoms with van der Waals surface area (Å²) in [6.45, 7) is 3.60. The highest BCUT2D eigenvalue weighted by Gasteiger charge is 2.15. The van der Waals surface area contributed by atoms with Crippen LogP contribution in [0.15, 0.2) is 34.9 Å². The van der Waals surface area contributed by atoms with Gasteiger partial charge in [-0.1, -0.05) is 12.1 Å². The minimum Gasteiger partial charge on any atom is -0.462 e.